The molecule has 0 radical (unpaired) electrons. The number of aliphatic hydroxyl groups excluding tert-OH is 2. The van der Waals surface area contributed by atoms with Gasteiger partial charge in [0.05, 0.1) is 18.5 Å². The van der Waals surface area contributed by atoms with Crippen LogP contribution in [0.15, 0.2) is 0 Å². The summed E-state index contributed by atoms with van der Waals surface area (Å²) in [5, 5.41) is 17.5. The van der Waals surface area contributed by atoms with Crippen LogP contribution < -0.4 is 29.6 Å². The molecule has 8 heteroatoms. The Morgan fingerprint density at radius 2 is 1.93 bits per heavy atom. The van der Waals surface area contributed by atoms with Gasteiger partial charge in [-0.2, -0.15) is 20.2 Å². The first-order chi connectivity index (χ1) is 6.35. The van der Waals surface area contributed by atoms with Gasteiger partial charge in [0.1, 0.15) is 0 Å². The van der Waals surface area contributed by atoms with Crippen LogP contribution in [0.3, 0.4) is 0 Å². The number of rotatable bonds is 7. The molecule has 0 spiro atoms. The van der Waals surface area contributed by atoms with Crippen molar-refractivity contribution in [2.45, 2.75) is 13.0 Å². The maximum absolute atomic E-state index is 10.5. The van der Waals surface area contributed by atoms with Crippen LogP contribution in [0.25, 0.3) is 0 Å². The molecule has 0 aromatic heterocycles. The number of aliphatic hydroxyl groups is 2. The van der Waals surface area contributed by atoms with Crippen LogP contribution in [0.4, 0.5) is 0 Å². The van der Waals surface area contributed by atoms with Crippen LogP contribution in [0, 0.1) is 5.92 Å². The van der Waals surface area contributed by atoms with Gasteiger partial charge in [-0.05, 0) is 11.7 Å². The Morgan fingerprint density at radius 1 is 1.40 bits per heavy atom. The van der Waals surface area contributed by atoms with E-state index in [1.165, 1.54) is 11.8 Å². The van der Waals surface area contributed by atoms with Crippen LogP contribution >= 0.6 is 11.8 Å². The van der Waals surface area contributed by atoms with Gasteiger partial charge in [0.15, 0.2) is 0 Å². The molecule has 2 unspecified atom stereocenters. The fourth-order valence-electron chi connectivity index (χ4n) is 0.866. The first-order valence-corrected chi connectivity index (χ1v) is 6.93. The normalized spacial score (nSPS) is 15.5. The Balaban J connectivity index is -0.000000845. The van der Waals surface area contributed by atoms with Gasteiger partial charge in [0.2, 0.25) is 0 Å². The largest absolute Gasteiger partial charge is 1.00 e. The van der Waals surface area contributed by atoms with Gasteiger partial charge in [-0.1, -0.05) is 6.92 Å². The molecular formula is C7H17NaO5S2. The zero-order chi connectivity index (χ0) is 11.2. The quantitative estimate of drug-likeness (QED) is 0.331. The Kier molecular flexibility index (Phi) is 11.4. The maximum atomic E-state index is 10.5. The molecule has 0 rings (SSSR count). The second-order valence-corrected chi connectivity index (χ2v) is 5.80. The summed E-state index contributed by atoms with van der Waals surface area (Å²) in [4.78, 5) is 0. The predicted molar refractivity (Wildman–Crippen MR) is 57.1 cm³/mol. The zero-order valence-electron chi connectivity index (χ0n) is 9.96. The summed E-state index contributed by atoms with van der Waals surface area (Å²) in [6, 6.07) is 0. The molecule has 0 aromatic rings. The van der Waals surface area contributed by atoms with Gasteiger partial charge in [-0.3, -0.25) is 4.55 Å². The smallest absolute Gasteiger partial charge is 1.00 e. The molecule has 3 N–H and O–H groups in total. The summed E-state index contributed by atoms with van der Waals surface area (Å²) in [6.07, 6.45) is -0.766. The molecule has 0 saturated heterocycles. The summed E-state index contributed by atoms with van der Waals surface area (Å²) in [5.74, 6) is 0.458. The molecule has 88 valence electrons. The Hall–Kier alpha value is 1.18. The van der Waals surface area contributed by atoms with Crippen molar-refractivity contribution in [3.8, 4) is 0 Å². The van der Waals surface area contributed by atoms with Crippen molar-refractivity contribution < 1.29 is 54.2 Å². The average molecular weight is 268 g/mol. The van der Waals surface area contributed by atoms with E-state index in [-0.39, 0.29) is 49.3 Å². The van der Waals surface area contributed by atoms with Crippen molar-refractivity contribution in [3.05, 3.63) is 0 Å². The second kappa shape index (κ2) is 9.23. The topological polar surface area (TPSA) is 94.8 Å². The minimum absolute atomic E-state index is 0. The van der Waals surface area contributed by atoms with Gasteiger partial charge in [0.25, 0.3) is 10.1 Å². The first kappa shape index (κ1) is 18.5. The summed E-state index contributed by atoms with van der Waals surface area (Å²) >= 11 is 1.35. The van der Waals surface area contributed by atoms with Crippen molar-refractivity contribution in [1.29, 1.82) is 0 Å². The molecule has 0 bridgehead atoms. The van der Waals surface area contributed by atoms with Crippen LogP contribution in [0.5, 0.6) is 0 Å². The van der Waals surface area contributed by atoms with Crippen molar-refractivity contribution in [3.63, 3.8) is 0 Å². The fraction of sp³-hybridized carbons (Fsp3) is 1.00. The van der Waals surface area contributed by atoms with Crippen LogP contribution in [-0.4, -0.2) is 53.2 Å². The van der Waals surface area contributed by atoms with E-state index >= 15 is 0 Å². The molecular weight excluding hydrogens is 251 g/mol. The Labute approximate surface area is 118 Å². The number of thioether (sulfide) groups is 1. The second-order valence-electron chi connectivity index (χ2n) is 3.23. The monoisotopic (exact) mass is 268 g/mol. The molecule has 15 heavy (non-hydrogen) atoms. The molecule has 0 aliphatic heterocycles. The van der Waals surface area contributed by atoms with E-state index in [1.807, 2.05) is 0 Å². The molecule has 5 nitrogen and oxygen atoms in total. The van der Waals surface area contributed by atoms with E-state index in [2.05, 4.69) is 0 Å². The summed E-state index contributed by atoms with van der Waals surface area (Å²) in [6.45, 7) is 1.41. The van der Waals surface area contributed by atoms with Crippen molar-refractivity contribution in [2.75, 3.05) is 23.9 Å². The van der Waals surface area contributed by atoms with Gasteiger partial charge < -0.3 is 11.6 Å². The van der Waals surface area contributed by atoms with Crippen LogP contribution in [0.2, 0.25) is 0 Å². The molecule has 0 aliphatic carbocycles. The minimum atomic E-state index is -3.90. The van der Waals surface area contributed by atoms with Gasteiger partial charge in [-0.15, -0.1) is 0 Å². The van der Waals surface area contributed by atoms with E-state index in [4.69, 9.17) is 14.8 Å². The standard InChI is InChI=1S/C7H16O5S2.Na.H/c1-6(5-14(10,11)12)3-13-4-7(9)2-8;;/h6-9H,2-5H2,1H3,(H,10,11,12);;/q;+1;-1. The van der Waals surface area contributed by atoms with Gasteiger partial charge >= 0.3 is 29.6 Å². The maximum Gasteiger partial charge on any atom is 1.00 e. The van der Waals surface area contributed by atoms with Crippen molar-refractivity contribution in [2.24, 2.45) is 5.92 Å². The molecule has 0 heterocycles. The Morgan fingerprint density at radius 3 is 2.33 bits per heavy atom. The summed E-state index contributed by atoms with van der Waals surface area (Å²) in [7, 11) is -3.90. The first-order valence-electron chi connectivity index (χ1n) is 4.17. The minimum Gasteiger partial charge on any atom is -1.00 e. The van der Waals surface area contributed by atoms with E-state index in [1.54, 1.807) is 6.92 Å². The zero-order valence-corrected chi connectivity index (χ0v) is 12.6. The van der Waals surface area contributed by atoms with E-state index < -0.39 is 16.2 Å². The van der Waals surface area contributed by atoms with Crippen LogP contribution in [0.1, 0.15) is 8.35 Å². The Bertz CT molecular complexity index is 249. The molecule has 0 saturated carbocycles. The molecule has 0 aromatic carbocycles. The van der Waals surface area contributed by atoms with E-state index in [9.17, 15) is 8.42 Å². The van der Waals surface area contributed by atoms with Crippen molar-refractivity contribution >= 4 is 21.9 Å². The predicted octanol–water partition coefficient (Wildman–Crippen LogP) is -3.29. The summed E-state index contributed by atoms with van der Waals surface area (Å²) in [5.41, 5.74) is 0. The van der Waals surface area contributed by atoms with E-state index in [0.717, 1.165) is 0 Å². The number of hydrogen-bond donors (Lipinski definition) is 3. The molecule has 2 atom stereocenters. The van der Waals surface area contributed by atoms with E-state index in [0.29, 0.717) is 11.5 Å². The number of hydrogen-bond acceptors (Lipinski definition) is 5. The average Bonchev–Trinajstić information content (AvgIpc) is 2.00. The third-order valence-corrected chi connectivity index (χ3v) is 3.83. The van der Waals surface area contributed by atoms with Crippen LogP contribution in [-0.2, 0) is 10.1 Å². The van der Waals surface area contributed by atoms with Gasteiger partial charge in [0, 0.05) is 5.75 Å². The molecule has 0 aliphatic rings. The fourth-order valence-corrected chi connectivity index (χ4v) is 2.89. The molecule has 0 fully saturated rings. The third-order valence-electron chi connectivity index (χ3n) is 1.42. The molecule has 0 amide bonds. The summed E-state index contributed by atoms with van der Waals surface area (Å²) < 4.78 is 29.4. The van der Waals surface area contributed by atoms with Crippen molar-refractivity contribution in [1.82, 2.24) is 0 Å². The SMILES string of the molecule is CC(CSCC(O)CO)CS(=O)(=O)O.[H-].[Na+]. The third kappa shape index (κ3) is 13.1. The van der Waals surface area contributed by atoms with Gasteiger partial charge in [-0.25, -0.2) is 0 Å².